The number of nitrogens with zero attached hydrogens (tertiary/aromatic N) is 1. The first-order valence-electron chi connectivity index (χ1n) is 9.07. The van der Waals surface area contributed by atoms with Crippen molar-refractivity contribution in [3.8, 4) is 5.75 Å². The smallest absolute Gasteiger partial charge is 0.262 e. The summed E-state index contributed by atoms with van der Waals surface area (Å²) in [5, 5.41) is 2.60. The number of carbonyl (C=O) groups excluding carboxylic acids is 1. The lowest BCUT2D eigenvalue weighted by Gasteiger charge is -2.26. The van der Waals surface area contributed by atoms with E-state index in [1.807, 2.05) is 0 Å². The Kier molecular flexibility index (Phi) is 6.76. The van der Waals surface area contributed by atoms with Gasteiger partial charge in [-0.05, 0) is 42.5 Å². The first-order chi connectivity index (χ1) is 14.2. The van der Waals surface area contributed by atoms with Crippen molar-refractivity contribution in [2.24, 2.45) is 0 Å². The molecule has 11 heteroatoms. The van der Waals surface area contributed by atoms with Crippen molar-refractivity contribution in [1.82, 2.24) is 4.31 Å². The summed E-state index contributed by atoms with van der Waals surface area (Å²) in [7, 11) is -6.98. The van der Waals surface area contributed by atoms with E-state index in [0.717, 1.165) is 6.26 Å². The van der Waals surface area contributed by atoms with Crippen LogP contribution in [0.5, 0.6) is 5.75 Å². The second-order valence-electron chi connectivity index (χ2n) is 6.62. The zero-order chi connectivity index (χ0) is 21.8. The Labute approximate surface area is 175 Å². The molecule has 9 nitrogen and oxygen atoms in total. The van der Waals surface area contributed by atoms with Gasteiger partial charge in [0.2, 0.25) is 10.0 Å². The van der Waals surface area contributed by atoms with Gasteiger partial charge in [0.15, 0.2) is 16.4 Å². The van der Waals surface area contributed by atoms with E-state index in [1.54, 1.807) is 12.1 Å². The third kappa shape index (κ3) is 5.57. The molecule has 0 bridgehead atoms. The molecule has 1 heterocycles. The lowest BCUT2D eigenvalue weighted by Crippen LogP contribution is -2.40. The van der Waals surface area contributed by atoms with Crippen LogP contribution in [-0.2, 0) is 29.4 Å². The summed E-state index contributed by atoms with van der Waals surface area (Å²) in [5.74, 6) is -0.149. The number of nitrogens with one attached hydrogen (secondary N) is 1. The number of anilines is 1. The van der Waals surface area contributed by atoms with Gasteiger partial charge < -0.3 is 14.8 Å². The van der Waals surface area contributed by atoms with E-state index in [-0.39, 0.29) is 29.5 Å². The van der Waals surface area contributed by atoms with Crippen molar-refractivity contribution < 1.29 is 31.1 Å². The summed E-state index contributed by atoms with van der Waals surface area (Å²) in [6.07, 6.45) is 1.10. The van der Waals surface area contributed by atoms with Crippen LogP contribution in [0.4, 0.5) is 5.69 Å². The van der Waals surface area contributed by atoms with E-state index in [4.69, 9.17) is 9.47 Å². The van der Waals surface area contributed by atoms with E-state index in [2.05, 4.69) is 5.32 Å². The topological polar surface area (TPSA) is 119 Å². The van der Waals surface area contributed by atoms with Gasteiger partial charge >= 0.3 is 0 Å². The molecule has 1 N–H and O–H groups in total. The van der Waals surface area contributed by atoms with Crippen LogP contribution in [0.1, 0.15) is 0 Å². The van der Waals surface area contributed by atoms with Crippen molar-refractivity contribution in [2.45, 2.75) is 9.79 Å². The molecule has 1 aliphatic rings. The van der Waals surface area contributed by atoms with E-state index < -0.39 is 25.8 Å². The highest BCUT2D eigenvalue weighted by molar-refractivity contribution is 7.90. The van der Waals surface area contributed by atoms with E-state index >= 15 is 0 Å². The number of amides is 1. The number of morpholine rings is 1. The van der Waals surface area contributed by atoms with Crippen LogP contribution in [0, 0.1) is 0 Å². The zero-order valence-electron chi connectivity index (χ0n) is 16.3. The van der Waals surface area contributed by atoms with Crippen molar-refractivity contribution in [1.29, 1.82) is 0 Å². The van der Waals surface area contributed by atoms with Gasteiger partial charge in [-0.3, -0.25) is 4.79 Å². The van der Waals surface area contributed by atoms with Crippen LogP contribution in [0.3, 0.4) is 0 Å². The number of sulfonamides is 1. The molecular formula is C19H22N2O7S2. The molecule has 0 saturated carbocycles. The molecule has 30 heavy (non-hydrogen) atoms. The number of ether oxygens (including phenoxy) is 2. The van der Waals surface area contributed by atoms with E-state index in [0.29, 0.717) is 24.7 Å². The van der Waals surface area contributed by atoms with Crippen LogP contribution >= 0.6 is 0 Å². The van der Waals surface area contributed by atoms with Crippen molar-refractivity contribution in [3.05, 3.63) is 48.5 Å². The molecular weight excluding hydrogens is 432 g/mol. The third-order valence-electron chi connectivity index (χ3n) is 4.35. The first kappa shape index (κ1) is 22.2. The predicted octanol–water partition coefficient (Wildman–Crippen LogP) is 1.13. The molecule has 2 aromatic carbocycles. The normalized spacial score (nSPS) is 15.5. The van der Waals surface area contributed by atoms with Crippen molar-refractivity contribution in [2.75, 3.05) is 44.5 Å². The average molecular weight is 455 g/mol. The molecule has 0 aliphatic carbocycles. The maximum atomic E-state index is 12.7. The fourth-order valence-electron chi connectivity index (χ4n) is 2.80. The molecule has 1 fully saturated rings. The monoisotopic (exact) mass is 454 g/mol. The highest BCUT2D eigenvalue weighted by atomic mass is 32.2. The number of carbonyl (C=O) groups is 1. The minimum Gasteiger partial charge on any atom is -0.484 e. The van der Waals surface area contributed by atoms with Gasteiger partial charge in [-0.15, -0.1) is 0 Å². The maximum Gasteiger partial charge on any atom is 0.262 e. The maximum absolute atomic E-state index is 12.7. The van der Waals surface area contributed by atoms with E-state index in [9.17, 15) is 21.6 Å². The quantitative estimate of drug-likeness (QED) is 0.666. The number of sulfone groups is 1. The number of hydrogen-bond donors (Lipinski definition) is 1. The fraction of sp³-hybridized carbons (Fsp3) is 0.316. The highest BCUT2D eigenvalue weighted by Gasteiger charge is 2.26. The summed E-state index contributed by atoms with van der Waals surface area (Å²) in [5.41, 5.74) is 0.324. The Morgan fingerprint density at radius 2 is 1.70 bits per heavy atom. The minimum absolute atomic E-state index is 0.0829. The largest absolute Gasteiger partial charge is 0.484 e. The lowest BCUT2D eigenvalue weighted by molar-refractivity contribution is -0.118. The molecule has 0 aromatic heterocycles. The van der Waals surface area contributed by atoms with Crippen LogP contribution in [-0.4, -0.2) is 66.2 Å². The second kappa shape index (κ2) is 9.13. The third-order valence-corrected chi connectivity index (χ3v) is 7.37. The molecule has 2 aromatic rings. The zero-order valence-corrected chi connectivity index (χ0v) is 17.9. The van der Waals surface area contributed by atoms with Crippen LogP contribution in [0.15, 0.2) is 58.3 Å². The number of benzene rings is 2. The number of rotatable bonds is 7. The van der Waals surface area contributed by atoms with Crippen LogP contribution in [0.25, 0.3) is 0 Å². The molecule has 0 atom stereocenters. The van der Waals surface area contributed by atoms with Gasteiger partial charge in [0.05, 0.1) is 23.0 Å². The van der Waals surface area contributed by atoms with Gasteiger partial charge in [-0.25, -0.2) is 16.8 Å². The van der Waals surface area contributed by atoms with Gasteiger partial charge in [0.25, 0.3) is 5.91 Å². The summed E-state index contributed by atoms with van der Waals surface area (Å²) in [6, 6.07) is 11.7. The molecule has 1 aliphatic heterocycles. The van der Waals surface area contributed by atoms with E-state index in [1.165, 1.54) is 40.7 Å². The Hall–Kier alpha value is -2.47. The molecule has 162 valence electrons. The Morgan fingerprint density at radius 1 is 1.03 bits per heavy atom. The SMILES string of the molecule is CS(=O)(=O)c1ccc(OCC(=O)Nc2cccc(S(=O)(=O)N3CCOCC3)c2)cc1. The molecule has 1 amide bonds. The van der Waals surface area contributed by atoms with Crippen molar-refractivity contribution >= 4 is 31.5 Å². The summed E-state index contributed by atoms with van der Waals surface area (Å²) in [4.78, 5) is 12.4. The summed E-state index contributed by atoms with van der Waals surface area (Å²) >= 11 is 0. The predicted molar refractivity (Wildman–Crippen MR) is 110 cm³/mol. The lowest BCUT2D eigenvalue weighted by atomic mass is 10.3. The Balaban J connectivity index is 1.61. The summed E-state index contributed by atoms with van der Waals surface area (Å²) < 4.78 is 60.2. The molecule has 0 radical (unpaired) electrons. The van der Waals surface area contributed by atoms with Gasteiger partial charge in [0, 0.05) is 25.0 Å². The van der Waals surface area contributed by atoms with Crippen LogP contribution < -0.4 is 10.1 Å². The molecule has 3 rings (SSSR count). The first-order valence-corrected chi connectivity index (χ1v) is 12.4. The molecule has 0 spiro atoms. The Bertz CT molecular complexity index is 1110. The molecule has 1 saturated heterocycles. The van der Waals surface area contributed by atoms with Gasteiger partial charge in [-0.2, -0.15) is 4.31 Å². The minimum atomic E-state index is -3.67. The Morgan fingerprint density at radius 3 is 2.33 bits per heavy atom. The van der Waals surface area contributed by atoms with Gasteiger partial charge in [-0.1, -0.05) is 6.07 Å². The average Bonchev–Trinajstić information content (AvgIpc) is 2.73. The highest BCUT2D eigenvalue weighted by Crippen LogP contribution is 2.21. The van der Waals surface area contributed by atoms with Crippen LogP contribution in [0.2, 0.25) is 0 Å². The number of hydrogen-bond acceptors (Lipinski definition) is 7. The van der Waals surface area contributed by atoms with Crippen molar-refractivity contribution in [3.63, 3.8) is 0 Å². The molecule has 0 unspecified atom stereocenters. The summed E-state index contributed by atoms with van der Waals surface area (Å²) in [6.45, 7) is 0.935. The standard InChI is InChI=1S/C19H22N2O7S2/c1-29(23,24)17-7-5-16(6-8-17)28-14-19(22)20-15-3-2-4-18(13-15)30(25,26)21-9-11-27-12-10-21/h2-8,13H,9-12,14H2,1H3,(H,20,22). The van der Waals surface area contributed by atoms with Gasteiger partial charge in [0.1, 0.15) is 5.75 Å². The fourth-order valence-corrected chi connectivity index (χ4v) is 4.88. The second-order valence-corrected chi connectivity index (χ2v) is 10.6.